The predicted molar refractivity (Wildman–Crippen MR) is 101 cm³/mol. The number of nitrogens with one attached hydrogen (secondary N) is 1. The molecule has 8 heteroatoms. The van der Waals surface area contributed by atoms with Crippen LogP contribution in [0.3, 0.4) is 0 Å². The van der Waals surface area contributed by atoms with Crippen LogP contribution in [-0.4, -0.2) is 31.7 Å². The maximum Gasteiger partial charge on any atom is 0.258 e. The van der Waals surface area contributed by atoms with E-state index in [1.54, 1.807) is 18.2 Å². The maximum absolute atomic E-state index is 14.0. The van der Waals surface area contributed by atoms with E-state index in [-0.39, 0.29) is 16.1 Å². The fourth-order valence-corrected chi connectivity index (χ4v) is 4.90. The minimum absolute atomic E-state index is 0.0211. The first-order valence-electron chi connectivity index (χ1n) is 8.25. The fourth-order valence-electron chi connectivity index (χ4n) is 2.90. The molecule has 1 aliphatic rings. The Kier molecular flexibility index (Phi) is 5.74. The van der Waals surface area contributed by atoms with E-state index in [4.69, 9.17) is 0 Å². The average Bonchev–Trinajstić information content (AvgIpc) is 2.62. The number of rotatable bonds is 4. The summed E-state index contributed by atoms with van der Waals surface area (Å²) in [5.74, 6) is -1.38. The lowest BCUT2D eigenvalue weighted by Gasteiger charge is -2.26. The molecule has 0 radical (unpaired) electrons. The summed E-state index contributed by atoms with van der Waals surface area (Å²) in [4.78, 5) is 12.4. The number of carbonyl (C=O) groups is 1. The van der Waals surface area contributed by atoms with Gasteiger partial charge in [0.2, 0.25) is 10.0 Å². The average molecular weight is 441 g/mol. The molecule has 3 rings (SSSR count). The van der Waals surface area contributed by atoms with E-state index in [0.717, 1.165) is 19.3 Å². The smallest absolute Gasteiger partial charge is 0.258 e. The van der Waals surface area contributed by atoms with Gasteiger partial charge in [0.25, 0.3) is 5.91 Å². The topological polar surface area (TPSA) is 66.5 Å². The maximum atomic E-state index is 14.0. The molecule has 5 nitrogen and oxygen atoms in total. The van der Waals surface area contributed by atoms with Gasteiger partial charge in [-0.05, 0) is 43.2 Å². The lowest BCUT2D eigenvalue weighted by atomic mass is 10.2. The van der Waals surface area contributed by atoms with Crippen LogP contribution in [0, 0.1) is 5.82 Å². The number of benzene rings is 2. The SMILES string of the molecule is O=C(Nc1ccccc1S(=O)(=O)N1CCCCC1)c1ccc(Br)cc1F. The molecule has 26 heavy (non-hydrogen) atoms. The van der Waals surface area contributed by atoms with Crippen molar-refractivity contribution >= 4 is 37.5 Å². The molecule has 1 heterocycles. The Bertz CT molecular complexity index is 928. The van der Waals surface area contributed by atoms with Gasteiger partial charge >= 0.3 is 0 Å². The Morgan fingerprint density at radius 1 is 1.08 bits per heavy atom. The Morgan fingerprint density at radius 3 is 2.46 bits per heavy atom. The fraction of sp³-hybridized carbons (Fsp3) is 0.278. The third-order valence-corrected chi connectivity index (χ3v) is 6.69. The molecule has 1 aliphatic heterocycles. The zero-order chi connectivity index (χ0) is 18.7. The Balaban J connectivity index is 1.91. The minimum Gasteiger partial charge on any atom is -0.321 e. The van der Waals surface area contributed by atoms with Crippen LogP contribution in [0.2, 0.25) is 0 Å². The lowest BCUT2D eigenvalue weighted by Crippen LogP contribution is -2.36. The summed E-state index contributed by atoms with van der Waals surface area (Å²) in [6.45, 7) is 0.928. The number of para-hydroxylation sites is 1. The predicted octanol–water partition coefficient (Wildman–Crippen LogP) is 4.02. The first-order chi connectivity index (χ1) is 12.4. The molecule has 1 fully saturated rings. The highest BCUT2D eigenvalue weighted by atomic mass is 79.9. The summed E-state index contributed by atoms with van der Waals surface area (Å²) < 4.78 is 41.8. The third kappa shape index (κ3) is 3.97. The molecule has 0 saturated carbocycles. The number of halogens is 2. The van der Waals surface area contributed by atoms with Gasteiger partial charge in [-0.25, -0.2) is 12.8 Å². The van der Waals surface area contributed by atoms with Crippen LogP contribution in [0.4, 0.5) is 10.1 Å². The molecule has 0 aliphatic carbocycles. The zero-order valence-corrected chi connectivity index (χ0v) is 16.3. The zero-order valence-electron chi connectivity index (χ0n) is 13.9. The van der Waals surface area contributed by atoms with Crippen molar-refractivity contribution in [3.8, 4) is 0 Å². The van der Waals surface area contributed by atoms with Crippen molar-refractivity contribution in [1.82, 2.24) is 4.31 Å². The molecule has 1 amide bonds. The van der Waals surface area contributed by atoms with Gasteiger partial charge in [-0.3, -0.25) is 4.79 Å². The number of amides is 1. The first-order valence-corrected chi connectivity index (χ1v) is 10.5. The quantitative estimate of drug-likeness (QED) is 0.780. The van der Waals surface area contributed by atoms with E-state index in [1.807, 2.05) is 0 Å². The van der Waals surface area contributed by atoms with E-state index in [0.29, 0.717) is 17.6 Å². The van der Waals surface area contributed by atoms with E-state index >= 15 is 0 Å². The van der Waals surface area contributed by atoms with E-state index in [2.05, 4.69) is 21.2 Å². The molecule has 0 spiro atoms. The van der Waals surface area contributed by atoms with Crippen LogP contribution in [-0.2, 0) is 10.0 Å². The van der Waals surface area contributed by atoms with E-state index in [9.17, 15) is 17.6 Å². The Labute approximate surface area is 160 Å². The van der Waals surface area contributed by atoms with E-state index in [1.165, 1.54) is 28.6 Å². The van der Waals surface area contributed by atoms with Gasteiger partial charge in [-0.15, -0.1) is 0 Å². The number of sulfonamides is 1. The van der Waals surface area contributed by atoms with Gasteiger partial charge < -0.3 is 5.32 Å². The highest BCUT2D eigenvalue weighted by Crippen LogP contribution is 2.27. The summed E-state index contributed by atoms with van der Waals surface area (Å²) in [6, 6.07) is 10.3. The van der Waals surface area contributed by atoms with Gasteiger partial charge in [-0.1, -0.05) is 34.5 Å². The van der Waals surface area contributed by atoms with Crippen molar-refractivity contribution < 1.29 is 17.6 Å². The van der Waals surface area contributed by atoms with Crippen molar-refractivity contribution in [2.75, 3.05) is 18.4 Å². The van der Waals surface area contributed by atoms with Crippen LogP contribution in [0.25, 0.3) is 0 Å². The monoisotopic (exact) mass is 440 g/mol. The largest absolute Gasteiger partial charge is 0.321 e. The Morgan fingerprint density at radius 2 is 1.77 bits per heavy atom. The summed E-state index contributed by atoms with van der Waals surface area (Å²) in [6.07, 6.45) is 2.64. The number of anilines is 1. The second-order valence-corrected chi connectivity index (χ2v) is 8.86. The number of carbonyl (C=O) groups excluding carboxylic acids is 1. The second kappa shape index (κ2) is 7.85. The van der Waals surface area contributed by atoms with Gasteiger partial charge in [0.15, 0.2) is 0 Å². The van der Waals surface area contributed by atoms with Crippen LogP contribution in [0.1, 0.15) is 29.6 Å². The highest BCUT2D eigenvalue weighted by molar-refractivity contribution is 9.10. The van der Waals surface area contributed by atoms with Crippen molar-refractivity contribution in [3.63, 3.8) is 0 Å². The molecule has 0 aromatic heterocycles. The van der Waals surface area contributed by atoms with Crippen LogP contribution in [0.15, 0.2) is 51.8 Å². The van der Waals surface area contributed by atoms with Gasteiger partial charge in [-0.2, -0.15) is 4.31 Å². The van der Waals surface area contributed by atoms with Crippen molar-refractivity contribution in [2.45, 2.75) is 24.2 Å². The summed E-state index contributed by atoms with van der Waals surface area (Å²) >= 11 is 3.14. The molecule has 1 N–H and O–H groups in total. The normalized spacial score (nSPS) is 15.6. The van der Waals surface area contributed by atoms with Crippen LogP contribution < -0.4 is 5.32 Å². The molecular weight excluding hydrogens is 423 g/mol. The summed E-state index contributed by atoms with van der Waals surface area (Å²) in [7, 11) is -3.72. The number of piperidine rings is 1. The number of nitrogens with zero attached hydrogens (tertiary/aromatic N) is 1. The van der Waals surface area contributed by atoms with Gasteiger partial charge in [0.05, 0.1) is 11.3 Å². The van der Waals surface area contributed by atoms with Crippen LogP contribution in [0.5, 0.6) is 0 Å². The summed E-state index contributed by atoms with van der Waals surface area (Å²) in [5, 5.41) is 2.53. The first kappa shape index (κ1) is 19.0. The standard InChI is InChI=1S/C18H18BrFN2O3S/c19-13-8-9-14(15(20)12-13)18(23)21-16-6-2-3-7-17(16)26(24,25)22-10-4-1-5-11-22/h2-3,6-9,12H,1,4-5,10-11H2,(H,21,23). The Hall–Kier alpha value is -1.77. The van der Waals surface area contributed by atoms with Crippen molar-refractivity contribution in [1.29, 1.82) is 0 Å². The molecule has 0 unspecified atom stereocenters. The second-order valence-electron chi connectivity index (χ2n) is 6.04. The number of hydrogen-bond acceptors (Lipinski definition) is 3. The molecule has 2 aromatic carbocycles. The van der Waals surface area contributed by atoms with Gasteiger partial charge in [0.1, 0.15) is 10.7 Å². The summed E-state index contributed by atoms with van der Waals surface area (Å²) in [5.41, 5.74) is -0.0104. The van der Waals surface area contributed by atoms with Gasteiger partial charge in [0, 0.05) is 17.6 Å². The van der Waals surface area contributed by atoms with Crippen molar-refractivity contribution in [2.24, 2.45) is 0 Å². The lowest BCUT2D eigenvalue weighted by molar-refractivity contribution is 0.102. The number of hydrogen-bond donors (Lipinski definition) is 1. The molecule has 138 valence electrons. The molecular formula is C18H18BrFN2O3S. The molecule has 0 bridgehead atoms. The van der Waals surface area contributed by atoms with E-state index < -0.39 is 21.7 Å². The third-order valence-electron chi connectivity index (χ3n) is 4.24. The molecule has 2 aromatic rings. The van der Waals surface area contributed by atoms with Crippen LogP contribution >= 0.6 is 15.9 Å². The van der Waals surface area contributed by atoms with Crippen molar-refractivity contribution in [3.05, 3.63) is 58.3 Å². The minimum atomic E-state index is -3.72. The molecule has 0 atom stereocenters. The molecule has 1 saturated heterocycles. The highest BCUT2D eigenvalue weighted by Gasteiger charge is 2.28.